The second kappa shape index (κ2) is 9.86. The number of nitrogens with one attached hydrogen (secondary N) is 2. The van der Waals surface area contributed by atoms with Gasteiger partial charge >= 0.3 is 5.97 Å². The first kappa shape index (κ1) is 23.2. The third kappa shape index (κ3) is 4.83. The number of hydrazine groups is 1. The molecule has 0 aromatic heterocycles. The Hall–Kier alpha value is -4.01. The summed E-state index contributed by atoms with van der Waals surface area (Å²) in [5.74, 6) is -2.47. The number of carbonyl (C=O) groups is 5. The quantitative estimate of drug-likeness (QED) is 0.398. The van der Waals surface area contributed by atoms with Crippen molar-refractivity contribution in [1.29, 1.82) is 0 Å². The lowest BCUT2D eigenvalue weighted by molar-refractivity contribution is -0.125. The van der Waals surface area contributed by atoms with Gasteiger partial charge in [-0.15, -0.1) is 0 Å². The van der Waals surface area contributed by atoms with Crippen LogP contribution in [0, 0.1) is 17.8 Å². The molecule has 0 spiro atoms. The first-order chi connectivity index (χ1) is 16.3. The number of esters is 1. The lowest BCUT2D eigenvalue weighted by atomic mass is 9.76. The molecule has 1 aliphatic heterocycles. The largest absolute Gasteiger partial charge is 0.452 e. The van der Waals surface area contributed by atoms with Gasteiger partial charge in [0.15, 0.2) is 6.61 Å². The van der Waals surface area contributed by atoms with Crippen molar-refractivity contribution in [2.75, 3.05) is 11.5 Å². The van der Waals surface area contributed by atoms with Crippen molar-refractivity contribution in [3.63, 3.8) is 0 Å². The highest BCUT2D eigenvalue weighted by Crippen LogP contribution is 2.42. The van der Waals surface area contributed by atoms with E-state index in [1.807, 2.05) is 0 Å². The van der Waals surface area contributed by atoms with E-state index in [1.165, 1.54) is 29.2 Å². The topological polar surface area (TPSA) is 122 Å². The minimum absolute atomic E-state index is 0.162. The van der Waals surface area contributed by atoms with Crippen LogP contribution in [0.3, 0.4) is 0 Å². The summed E-state index contributed by atoms with van der Waals surface area (Å²) in [5.41, 5.74) is 5.35. The van der Waals surface area contributed by atoms with Crippen LogP contribution in [0.25, 0.3) is 0 Å². The van der Waals surface area contributed by atoms with E-state index in [-0.39, 0.29) is 29.2 Å². The Morgan fingerprint density at radius 1 is 0.882 bits per heavy atom. The molecular formula is C25H25N3O6. The molecule has 2 aromatic rings. The van der Waals surface area contributed by atoms with E-state index in [4.69, 9.17) is 4.74 Å². The predicted octanol–water partition coefficient (Wildman–Crippen LogP) is 2.23. The van der Waals surface area contributed by atoms with Crippen LogP contribution in [0.15, 0.2) is 54.6 Å². The molecule has 2 aliphatic rings. The zero-order valence-corrected chi connectivity index (χ0v) is 18.7. The molecule has 4 rings (SSSR count). The predicted molar refractivity (Wildman–Crippen MR) is 121 cm³/mol. The number of benzene rings is 2. The molecule has 9 heteroatoms. The van der Waals surface area contributed by atoms with Crippen molar-refractivity contribution in [2.45, 2.75) is 26.2 Å². The van der Waals surface area contributed by atoms with E-state index in [2.05, 4.69) is 17.8 Å². The fourth-order valence-corrected chi connectivity index (χ4v) is 4.43. The Kier molecular flexibility index (Phi) is 6.72. The van der Waals surface area contributed by atoms with Gasteiger partial charge in [-0.1, -0.05) is 25.1 Å². The van der Waals surface area contributed by atoms with Gasteiger partial charge in [0, 0.05) is 5.56 Å². The molecule has 1 heterocycles. The fourth-order valence-electron chi connectivity index (χ4n) is 4.43. The zero-order valence-electron chi connectivity index (χ0n) is 18.7. The monoisotopic (exact) mass is 463 g/mol. The van der Waals surface area contributed by atoms with Gasteiger partial charge in [0.2, 0.25) is 11.8 Å². The normalized spacial score (nSPS) is 21.6. The van der Waals surface area contributed by atoms with E-state index < -0.39 is 24.4 Å². The second-order valence-electron chi connectivity index (χ2n) is 8.63. The van der Waals surface area contributed by atoms with Crippen LogP contribution in [0.4, 0.5) is 5.69 Å². The Balaban J connectivity index is 1.29. The molecule has 2 N–H and O–H groups in total. The first-order valence-electron chi connectivity index (χ1n) is 11.1. The fraction of sp³-hybridized carbons (Fsp3) is 0.320. The minimum Gasteiger partial charge on any atom is -0.452 e. The third-order valence-electron chi connectivity index (χ3n) is 6.23. The summed E-state index contributed by atoms with van der Waals surface area (Å²) in [6.45, 7) is 1.49. The van der Waals surface area contributed by atoms with Crippen LogP contribution in [-0.4, -0.2) is 36.2 Å². The summed E-state index contributed by atoms with van der Waals surface area (Å²) >= 11 is 0. The molecule has 1 saturated heterocycles. The SMILES string of the molecule is C[C@@H]1CC[C@@H]2C(=O)N(c3ccc(C(=O)OCC(=O)NNC(=O)c4ccccc4)cc3)C(=O)[C@H]2C1. The summed E-state index contributed by atoms with van der Waals surface area (Å²) < 4.78 is 4.97. The number of imide groups is 1. The van der Waals surface area contributed by atoms with Gasteiger partial charge in [-0.25, -0.2) is 4.79 Å². The molecule has 3 atom stereocenters. The van der Waals surface area contributed by atoms with Gasteiger partial charge in [0.1, 0.15) is 0 Å². The Morgan fingerprint density at radius 2 is 1.56 bits per heavy atom. The Bertz CT molecular complexity index is 1120. The maximum Gasteiger partial charge on any atom is 0.338 e. The molecule has 1 saturated carbocycles. The van der Waals surface area contributed by atoms with Crippen molar-refractivity contribution in [3.8, 4) is 0 Å². The number of carbonyl (C=O) groups excluding carboxylic acids is 5. The van der Waals surface area contributed by atoms with Crippen LogP contribution in [0.1, 0.15) is 46.9 Å². The highest BCUT2D eigenvalue weighted by atomic mass is 16.5. The summed E-state index contributed by atoms with van der Waals surface area (Å²) in [6, 6.07) is 14.2. The highest BCUT2D eigenvalue weighted by Gasteiger charge is 2.49. The van der Waals surface area contributed by atoms with E-state index in [9.17, 15) is 24.0 Å². The molecule has 0 bridgehead atoms. The molecule has 4 amide bonds. The van der Waals surface area contributed by atoms with Gasteiger partial charge in [-0.2, -0.15) is 0 Å². The van der Waals surface area contributed by atoms with Gasteiger partial charge in [0.25, 0.3) is 11.8 Å². The second-order valence-corrected chi connectivity index (χ2v) is 8.63. The van der Waals surface area contributed by atoms with E-state index in [1.54, 1.807) is 30.3 Å². The van der Waals surface area contributed by atoms with Gasteiger partial charge in [0.05, 0.1) is 23.1 Å². The summed E-state index contributed by atoms with van der Waals surface area (Å²) in [7, 11) is 0. The number of nitrogens with zero attached hydrogens (tertiary/aromatic N) is 1. The Morgan fingerprint density at radius 3 is 2.26 bits per heavy atom. The molecule has 0 radical (unpaired) electrons. The Labute approximate surface area is 196 Å². The van der Waals surface area contributed by atoms with Gasteiger partial charge in [-0.05, 0) is 61.6 Å². The maximum atomic E-state index is 12.8. The summed E-state index contributed by atoms with van der Waals surface area (Å²) in [5, 5.41) is 0. The summed E-state index contributed by atoms with van der Waals surface area (Å²) in [4.78, 5) is 62.9. The number of anilines is 1. The smallest absolute Gasteiger partial charge is 0.338 e. The molecule has 0 unspecified atom stereocenters. The number of amides is 4. The lowest BCUT2D eigenvalue weighted by Crippen LogP contribution is -2.43. The first-order valence-corrected chi connectivity index (χ1v) is 11.1. The summed E-state index contributed by atoms with van der Waals surface area (Å²) in [6.07, 6.45) is 2.36. The number of fused-ring (bicyclic) bond motifs is 1. The number of rotatable bonds is 5. The van der Waals surface area contributed by atoms with Gasteiger partial charge < -0.3 is 4.74 Å². The molecule has 176 valence electrons. The van der Waals surface area contributed by atoms with Crippen LogP contribution >= 0.6 is 0 Å². The third-order valence-corrected chi connectivity index (χ3v) is 6.23. The van der Waals surface area contributed by atoms with Crippen molar-refractivity contribution < 1.29 is 28.7 Å². The van der Waals surface area contributed by atoms with Crippen LogP contribution in [0.5, 0.6) is 0 Å². The zero-order chi connectivity index (χ0) is 24.2. The van der Waals surface area contributed by atoms with Gasteiger partial charge in [-0.3, -0.25) is 34.9 Å². The minimum atomic E-state index is -0.752. The number of hydrogen-bond acceptors (Lipinski definition) is 6. The number of hydrogen-bond donors (Lipinski definition) is 2. The molecule has 34 heavy (non-hydrogen) atoms. The maximum absolute atomic E-state index is 12.8. The van der Waals surface area contributed by atoms with Crippen LogP contribution in [0.2, 0.25) is 0 Å². The van der Waals surface area contributed by atoms with E-state index in [0.717, 1.165) is 6.42 Å². The van der Waals surface area contributed by atoms with Crippen molar-refractivity contribution >= 4 is 35.3 Å². The average Bonchev–Trinajstić information content (AvgIpc) is 3.10. The highest BCUT2D eigenvalue weighted by molar-refractivity contribution is 6.22. The average molecular weight is 463 g/mol. The van der Waals surface area contributed by atoms with Crippen LogP contribution < -0.4 is 15.8 Å². The van der Waals surface area contributed by atoms with Crippen molar-refractivity contribution in [2.24, 2.45) is 17.8 Å². The molecule has 2 fully saturated rings. The standard InChI is InChI=1S/C25H25N3O6/c1-15-7-12-19-20(13-15)24(32)28(23(19)31)18-10-8-17(9-11-18)25(33)34-14-21(29)26-27-22(30)16-5-3-2-4-6-16/h2-6,8-11,15,19-20H,7,12-14H2,1H3,(H,26,29)(H,27,30)/t15-,19+,20+/m1/s1. The molecule has 9 nitrogen and oxygen atoms in total. The number of ether oxygens (including phenoxy) is 1. The van der Waals surface area contributed by atoms with Crippen LogP contribution in [-0.2, 0) is 19.1 Å². The van der Waals surface area contributed by atoms with Crippen molar-refractivity contribution in [3.05, 3.63) is 65.7 Å². The van der Waals surface area contributed by atoms with E-state index in [0.29, 0.717) is 30.0 Å². The van der Waals surface area contributed by atoms with E-state index >= 15 is 0 Å². The molecule has 2 aromatic carbocycles. The molecular weight excluding hydrogens is 438 g/mol. The molecule has 1 aliphatic carbocycles. The van der Waals surface area contributed by atoms with Crippen molar-refractivity contribution in [1.82, 2.24) is 10.9 Å². The lowest BCUT2D eigenvalue weighted by Gasteiger charge is -2.25.